The molecule has 1 heterocycles. The average Bonchev–Trinajstić information content (AvgIpc) is 2.26. The van der Waals surface area contributed by atoms with Gasteiger partial charge < -0.3 is 19.5 Å². The number of hydrogen-bond acceptors (Lipinski definition) is 4. The Bertz CT molecular complexity index is 149. The van der Waals surface area contributed by atoms with Crippen molar-refractivity contribution in [1.29, 1.82) is 0 Å². The molecule has 0 aliphatic carbocycles. The summed E-state index contributed by atoms with van der Waals surface area (Å²) in [7, 11) is 2.12. The molecule has 1 aliphatic rings. The maximum Gasteiger partial charge on any atom is 0.0698 e. The van der Waals surface area contributed by atoms with Gasteiger partial charge in [0.1, 0.15) is 0 Å². The van der Waals surface area contributed by atoms with Crippen molar-refractivity contribution < 1.29 is 14.6 Å². The molecule has 0 saturated carbocycles. The Morgan fingerprint density at radius 1 is 1.33 bits per heavy atom. The van der Waals surface area contributed by atoms with E-state index < -0.39 is 0 Å². The SMILES string of the molecule is CN(CCOCCO)CC1CCOCC1. The van der Waals surface area contributed by atoms with Gasteiger partial charge in [-0.05, 0) is 25.8 Å². The van der Waals surface area contributed by atoms with Crippen LogP contribution in [0.1, 0.15) is 12.8 Å². The molecule has 4 nitrogen and oxygen atoms in total. The van der Waals surface area contributed by atoms with Crippen LogP contribution in [-0.2, 0) is 9.47 Å². The molecule has 0 bridgehead atoms. The molecule has 1 N–H and O–H groups in total. The maximum absolute atomic E-state index is 8.54. The molecule has 4 heteroatoms. The molecule has 0 unspecified atom stereocenters. The highest BCUT2D eigenvalue weighted by Crippen LogP contribution is 2.15. The molecule has 0 atom stereocenters. The standard InChI is InChI=1S/C11H23NO3/c1-12(4-8-15-9-5-13)10-11-2-6-14-7-3-11/h11,13H,2-10H2,1H3. The van der Waals surface area contributed by atoms with Crippen molar-refractivity contribution in [3.63, 3.8) is 0 Å². The molecule has 0 radical (unpaired) electrons. The summed E-state index contributed by atoms with van der Waals surface area (Å²) in [4.78, 5) is 2.30. The fraction of sp³-hybridized carbons (Fsp3) is 1.00. The summed E-state index contributed by atoms with van der Waals surface area (Å²) >= 11 is 0. The summed E-state index contributed by atoms with van der Waals surface area (Å²) < 4.78 is 10.5. The minimum atomic E-state index is 0.115. The van der Waals surface area contributed by atoms with E-state index in [1.807, 2.05) is 0 Å². The van der Waals surface area contributed by atoms with Crippen LogP contribution in [0.25, 0.3) is 0 Å². The fourth-order valence-electron chi connectivity index (χ4n) is 1.85. The maximum atomic E-state index is 8.54. The lowest BCUT2D eigenvalue weighted by Crippen LogP contribution is -2.32. The molecule has 1 rings (SSSR count). The third-order valence-corrected chi connectivity index (χ3v) is 2.76. The van der Waals surface area contributed by atoms with Gasteiger partial charge in [0, 0.05) is 26.3 Å². The monoisotopic (exact) mass is 217 g/mol. The highest BCUT2D eigenvalue weighted by Gasteiger charge is 2.15. The Morgan fingerprint density at radius 2 is 2.07 bits per heavy atom. The molecule has 15 heavy (non-hydrogen) atoms. The lowest BCUT2D eigenvalue weighted by Gasteiger charge is -2.26. The number of likely N-dealkylation sites (N-methyl/N-ethyl adjacent to an activating group) is 1. The molecule has 0 aromatic carbocycles. The molecule has 0 aromatic heterocycles. The van der Waals surface area contributed by atoms with Crippen LogP contribution in [0.15, 0.2) is 0 Å². The molecule has 1 fully saturated rings. The predicted molar refractivity (Wildman–Crippen MR) is 58.9 cm³/mol. The number of rotatable bonds is 7. The van der Waals surface area contributed by atoms with Crippen molar-refractivity contribution in [1.82, 2.24) is 4.90 Å². The van der Waals surface area contributed by atoms with Crippen molar-refractivity contribution in [2.45, 2.75) is 12.8 Å². The van der Waals surface area contributed by atoms with E-state index in [1.165, 1.54) is 12.8 Å². The molecular weight excluding hydrogens is 194 g/mol. The number of aliphatic hydroxyl groups is 1. The molecule has 1 saturated heterocycles. The van der Waals surface area contributed by atoms with E-state index in [0.29, 0.717) is 13.2 Å². The zero-order valence-electron chi connectivity index (χ0n) is 9.65. The fourth-order valence-corrected chi connectivity index (χ4v) is 1.85. The van der Waals surface area contributed by atoms with Crippen LogP contribution in [0.3, 0.4) is 0 Å². The molecule has 0 aromatic rings. The minimum Gasteiger partial charge on any atom is -0.394 e. The van der Waals surface area contributed by atoms with Gasteiger partial charge in [0.2, 0.25) is 0 Å². The second-order valence-electron chi connectivity index (χ2n) is 4.15. The summed E-state index contributed by atoms with van der Waals surface area (Å²) in [5, 5.41) is 8.54. The van der Waals surface area contributed by atoms with Crippen LogP contribution in [-0.4, -0.2) is 63.2 Å². The van der Waals surface area contributed by atoms with Gasteiger partial charge in [0.05, 0.1) is 19.8 Å². The summed E-state index contributed by atoms with van der Waals surface area (Å²) in [5.41, 5.74) is 0. The molecule has 0 amide bonds. The van der Waals surface area contributed by atoms with Crippen LogP contribution in [0.4, 0.5) is 0 Å². The summed E-state index contributed by atoms with van der Waals surface area (Å²) in [6.45, 7) is 5.18. The Hall–Kier alpha value is -0.160. The van der Waals surface area contributed by atoms with Crippen LogP contribution < -0.4 is 0 Å². The van der Waals surface area contributed by atoms with Crippen LogP contribution in [0.5, 0.6) is 0 Å². The van der Waals surface area contributed by atoms with Gasteiger partial charge in [0.25, 0.3) is 0 Å². The van der Waals surface area contributed by atoms with Gasteiger partial charge in [0.15, 0.2) is 0 Å². The van der Waals surface area contributed by atoms with Crippen LogP contribution in [0, 0.1) is 5.92 Å². The van der Waals surface area contributed by atoms with Gasteiger partial charge in [-0.25, -0.2) is 0 Å². The molecule has 1 aliphatic heterocycles. The van der Waals surface area contributed by atoms with Crippen molar-refractivity contribution in [2.75, 3.05) is 53.2 Å². The first-order valence-corrected chi connectivity index (χ1v) is 5.78. The van der Waals surface area contributed by atoms with Crippen molar-refractivity contribution in [3.8, 4) is 0 Å². The van der Waals surface area contributed by atoms with E-state index in [0.717, 1.165) is 32.2 Å². The number of ether oxygens (including phenoxy) is 2. The number of aliphatic hydroxyl groups excluding tert-OH is 1. The first-order valence-electron chi connectivity index (χ1n) is 5.78. The first kappa shape index (κ1) is 12.9. The summed E-state index contributed by atoms with van der Waals surface area (Å²) in [6, 6.07) is 0. The highest BCUT2D eigenvalue weighted by molar-refractivity contribution is 4.66. The van der Waals surface area contributed by atoms with Gasteiger partial charge in [-0.3, -0.25) is 0 Å². The molecule has 90 valence electrons. The first-order chi connectivity index (χ1) is 7.33. The molecular formula is C11H23NO3. The Labute approximate surface area is 92.2 Å². The van der Waals surface area contributed by atoms with E-state index in [-0.39, 0.29) is 6.61 Å². The zero-order valence-corrected chi connectivity index (χ0v) is 9.65. The normalized spacial score (nSPS) is 18.6. The van der Waals surface area contributed by atoms with E-state index in [2.05, 4.69) is 11.9 Å². The Kier molecular flexibility index (Phi) is 6.92. The van der Waals surface area contributed by atoms with Gasteiger partial charge in [-0.1, -0.05) is 0 Å². The average molecular weight is 217 g/mol. The van der Waals surface area contributed by atoms with E-state index >= 15 is 0 Å². The quantitative estimate of drug-likeness (QED) is 0.625. The van der Waals surface area contributed by atoms with Gasteiger partial charge >= 0.3 is 0 Å². The number of hydrogen-bond donors (Lipinski definition) is 1. The second kappa shape index (κ2) is 8.05. The lowest BCUT2D eigenvalue weighted by atomic mass is 10.00. The lowest BCUT2D eigenvalue weighted by molar-refractivity contribution is 0.0457. The predicted octanol–water partition coefficient (Wildman–Crippen LogP) is 0.354. The Morgan fingerprint density at radius 3 is 2.73 bits per heavy atom. The Balaban J connectivity index is 1.98. The summed E-state index contributed by atoms with van der Waals surface area (Å²) in [6.07, 6.45) is 2.36. The summed E-state index contributed by atoms with van der Waals surface area (Å²) in [5.74, 6) is 0.779. The topological polar surface area (TPSA) is 41.9 Å². The van der Waals surface area contributed by atoms with Gasteiger partial charge in [-0.2, -0.15) is 0 Å². The van der Waals surface area contributed by atoms with Crippen LogP contribution >= 0.6 is 0 Å². The van der Waals surface area contributed by atoms with Crippen molar-refractivity contribution in [3.05, 3.63) is 0 Å². The van der Waals surface area contributed by atoms with E-state index in [9.17, 15) is 0 Å². The van der Waals surface area contributed by atoms with E-state index in [1.54, 1.807) is 0 Å². The third-order valence-electron chi connectivity index (χ3n) is 2.76. The van der Waals surface area contributed by atoms with Gasteiger partial charge in [-0.15, -0.1) is 0 Å². The number of nitrogens with zero attached hydrogens (tertiary/aromatic N) is 1. The smallest absolute Gasteiger partial charge is 0.0698 e. The van der Waals surface area contributed by atoms with E-state index in [4.69, 9.17) is 14.6 Å². The minimum absolute atomic E-state index is 0.115. The second-order valence-corrected chi connectivity index (χ2v) is 4.15. The largest absolute Gasteiger partial charge is 0.394 e. The zero-order chi connectivity index (χ0) is 10.9. The molecule has 0 spiro atoms. The van der Waals surface area contributed by atoms with Crippen molar-refractivity contribution >= 4 is 0 Å². The highest BCUT2D eigenvalue weighted by atomic mass is 16.5. The van der Waals surface area contributed by atoms with Crippen molar-refractivity contribution in [2.24, 2.45) is 5.92 Å². The van der Waals surface area contributed by atoms with Crippen LogP contribution in [0.2, 0.25) is 0 Å². The third kappa shape index (κ3) is 6.10.